The van der Waals surface area contributed by atoms with E-state index in [1.165, 1.54) is 12.8 Å². The van der Waals surface area contributed by atoms with Crippen LogP contribution in [0.25, 0.3) is 0 Å². The largest absolute Gasteiger partial charge is 0.353 e. The lowest BCUT2D eigenvalue weighted by Gasteiger charge is -2.16. The Labute approximate surface area is 117 Å². The van der Waals surface area contributed by atoms with Crippen molar-refractivity contribution in [2.24, 2.45) is 0 Å². The van der Waals surface area contributed by atoms with Crippen molar-refractivity contribution in [1.29, 1.82) is 0 Å². The lowest BCUT2D eigenvalue weighted by atomic mass is 10.4. The molecule has 2 rings (SSSR count). The molecule has 18 heavy (non-hydrogen) atoms. The van der Waals surface area contributed by atoms with Crippen LogP contribution in [0, 0.1) is 0 Å². The van der Waals surface area contributed by atoms with Crippen molar-refractivity contribution in [1.82, 2.24) is 15.0 Å². The maximum absolute atomic E-state index is 5.94. The molecular formula is C11H18ClN5S. The molecule has 1 aliphatic rings. The third-order valence-electron chi connectivity index (χ3n) is 2.94. The van der Waals surface area contributed by atoms with E-state index in [1.54, 1.807) is 11.8 Å². The summed E-state index contributed by atoms with van der Waals surface area (Å²) >= 11 is 7.74. The Bertz CT molecular complexity index is 397. The molecule has 0 amide bonds. The van der Waals surface area contributed by atoms with Gasteiger partial charge in [-0.15, -0.1) is 0 Å². The van der Waals surface area contributed by atoms with E-state index >= 15 is 0 Å². The highest BCUT2D eigenvalue weighted by atomic mass is 35.5. The number of rotatable bonds is 5. The van der Waals surface area contributed by atoms with Crippen LogP contribution in [0.15, 0.2) is 0 Å². The van der Waals surface area contributed by atoms with Gasteiger partial charge in [0.05, 0.1) is 0 Å². The average Bonchev–Trinajstić information content (AvgIpc) is 2.89. The standard InChI is InChI=1S/C11H18ClN5S/c1-8(18-2)7-13-10-14-9(12)15-11(16-10)17-5-3-4-6-17/h8H,3-7H2,1-2H3,(H,13,14,15,16). The van der Waals surface area contributed by atoms with Gasteiger partial charge in [0.15, 0.2) is 0 Å². The highest BCUT2D eigenvalue weighted by molar-refractivity contribution is 7.99. The molecule has 1 atom stereocenters. The zero-order valence-corrected chi connectivity index (χ0v) is 12.3. The van der Waals surface area contributed by atoms with Gasteiger partial charge in [0, 0.05) is 24.9 Å². The van der Waals surface area contributed by atoms with Crippen molar-refractivity contribution in [2.75, 3.05) is 36.1 Å². The summed E-state index contributed by atoms with van der Waals surface area (Å²) in [6, 6.07) is 0. The number of halogens is 1. The summed E-state index contributed by atoms with van der Waals surface area (Å²) in [5, 5.41) is 3.97. The lowest BCUT2D eigenvalue weighted by Crippen LogP contribution is -2.22. The van der Waals surface area contributed by atoms with E-state index in [1.807, 2.05) is 0 Å². The molecule has 1 aliphatic heterocycles. The van der Waals surface area contributed by atoms with Gasteiger partial charge in [0.25, 0.3) is 0 Å². The van der Waals surface area contributed by atoms with Crippen molar-refractivity contribution < 1.29 is 0 Å². The predicted octanol–water partition coefficient (Wildman–Crippen LogP) is 2.29. The first-order chi connectivity index (χ1) is 8.69. The molecular weight excluding hydrogens is 270 g/mol. The van der Waals surface area contributed by atoms with E-state index in [9.17, 15) is 0 Å². The fraction of sp³-hybridized carbons (Fsp3) is 0.727. The molecule has 1 aromatic rings. The van der Waals surface area contributed by atoms with Gasteiger partial charge in [0.1, 0.15) is 0 Å². The quantitative estimate of drug-likeness (QED) is 0.897. The second kappa shape index (κ2) is 6.43. The predicted molar refractivity (Wildman–Crippen MR) is 77.8 cm³/mol. The van der Waals surface area contributed by atoms with Gasteiger partial charge >= 0.3 is 0 Å². The van der Waals surface area contributed by atoms with Crippen LogP contribution in [0.2, 0.25) is 5.28 Å². The Morgan fingerprint density at radius 1 is 1.33 bits per heavy atom. The Kier molecular flexibility index (Phi) is 4.88. The third kappa shape index (κ3) is 3.62. The molecule has 0 radical (unpaired) electrons. The molecule has 0 spiro atoms. The number of hydrogen-bond acceptors (Lipinski definition) is 6. The summed E-state index contributed by atoms with van der Waals surface area (Å²) in [6.45, 7) is 4.98. The molecule has 1 N–H and O–H groups in total. The van der Waals surface area contributed by atoms with Crippen LogP contribution in [0.1, 0.15) is 19.8 Å². The van der Waals surface area contributed by atoms with Crippen molar-refractivity contribution >= 4 is 35.3 Å². The minimum Gasteiger partial charge on any atom is -0.353 e. The number of nitrogens with zero attached hydrogens (tertiary/aromatic N) is 4. The molecule has 0 aliphatic carbocycles. The van der Waals surface area contributed by atoms with Gasteiger partial charge in [-0.2, -0.15) is 26.7 Å². The second-order valence-corrected chi connectivity index (χ2v) is 5.96. The van der Waals surface area contributed by atoms with Crippen LogP contribution in [-0.4, -0.2) is 46.1 Å². The van der Waals surface area contributed by atoms with Gasteiger partial charge in [-0.25, -0.2) is 0 Å². The molecule has 5 nitrogen and oxygen atoms in total. The van der Waals surface area contributed by atoms with Gasteiger partial charge in [-0.1, -0.05) is 6.92 Å². The van der Waals surface area contributed by atoms with E-state index < -0.39 is 0 Å². The SMILES string of the molecule is CSC(C)CNc1nc(Cl)nc(N2CCCC2)n1. The van der Waals surface area contributed by atoms with Crippen LogP contribution in [0.5, 0.6) is 0 Å². The van der Waals surface area contributed by atoms with Gasteiger partial charge in [-0.3, -0.25) is 0 Å². The lowest BCUT2D eigenvalue weighted by molar-refractivity contribution is 0.872. The normalized spacial score (nSPS) is 16.9. The summed E-state index contributed by atoms with van der Waals surface area (Å²) in [4.78, 5) is 14.9. The monoisotopic (exact) mass is 287 g/mol. The summed E-state index contributed by atoms with van der Waals surface area (Å²) in [5.74, 6) is 1.25. The van der Waals surface area contributed by atoms with E-state index in [4.69, 9.17) is 11.6 Å². The van der Waals surface area contributed by atoms with Crippen LogP contribution in [-0.2, 0) is 0 Å². The first-order valence-electron chi connectivity index (χ1n) is 6.12. The van der Waals surface area contributed by atoms with E-state index in [0.29, 0.717) is 17.1 Å². The van der Waals surface area contributed by atoms with Crippen LogP contribution in [0.3, 0.4) is 0 Å². The smallest absolute Gasteiger partial charge is 0.231 e. The van der Waals surface area contributed by atoms with Crippen LogP contribution >= 0.6 is 23.4 Å². The van der Waals surface area contributed by atoms with Gasteiger partial charge in [-0.05, 0) is 30.7 Å². The number of thioether (sulfide) groups is 1. The highest BCUT2D eigenvalue weighted by Crippen LogP contribution is 2.18. The molecule has 0 aromatic carbocycles. The summed E-state index contributed by atoms with van der Waals surface area (Å²) < 4.78 is 0. The number of anilines is 2. The summed E-state index contributed by atoms with van der Waals surface area (Å²) in [6.07, 6.45) is 4.47. The molecule has 2 heterocycles. The fourth-order valence-electron chi connectivity index (χ4n) is 1.80. The Balaban J connectivity index is 2.06. The Hall–Kier alpha value is -0.750. The zero-order chi connectivity index (χ0) is 13.0. The molecule has 1 fully saturated rings. The Morgan fingerprint density at radius 3 is 2.72 bits per heavy atom. The molecule has 1 aromatic heterocycles. The fourth-order valence-corrected chi connectivity index (χ4v) is 2.20. The Morgan fingerprint density at radius 2 is 2.06 bits per heavy atom. The first kappa shape index (κ1) is 13.7. The summed E-state index contributed by atoms with van der Waals surface area (Å²) in [7, 11) is 0. The van der Waals surface area contributed by atoms with Gasteiger partial charge in [0.2, 0.25) is 17.2 Å². The zero-order valence-electron chi connectivity index (χ0n) is 10.7. The topological polar surface area (TPSA) is 53.9 Å². The average molecular weight is 288 g/mol. The van der Waals surface area contributed by atoms with Crippen molar-refractivity contribution in [3.05, 3.63) is 5.28 Å². The maximum atomic E-state index is 5.94. The molecule has 100 valence electrons. The van der Waals surface area contributed by atoms with Crippen LogP contribution in [0.4, 0.5) is 11.9 Å². The van der Waals surface area contributed by atoms with Crippen LogP contribution < -0.4 is 10.2 Å². The number of nitrogens with one attached hydrogen (secondary N) is 1. The first-order valence-corrected chi connectivity index (χ1v) is 7.79. The molecule has 0 bridgehead atoms. The second-order valence-electron chi connectivity index (χ2n) is 4.35. The van der Waals surface area contributed by atoms with Crippen molar-refractivity contribution in [2.45, 2.75) is 25.0 Å². The van der Waals surface area contributed by atoms with E-state index in [2.05, 4.69) is 38.3 Å². The molecule has 0 saturated carbocycles. The van der Waals surface area contributed by atoms with E-state index in [0.717, 1.165) is 19.6 Å². The van der Waals surface area contributed by atoms with Crippen molar-refractivity contribution in [3.8, 4) is 0 Å². The number of aromatic nitrogens is 3. The molecule has 1 saturated heterocycles. The third-order valence-corrected chi connectivity index (χ3v) is 4.08. The van der Waals surface area contributed by atoms with E-state index in [-0.39, 0.29) is 5.28 Å². The van der Waals surface area contributed by atoms with Gasteiger partial charge < -0.3 is 10.2 Å². The maximum Gasteiger partial charge on any atom is 0.231 e. The molecule has 1 unspecified atom stereocenters. The molecule has 7 heteroatoms. The highest BCUT2D eigenvalue weighted by Gasteiger charge is 2.17. The summed E-state index contributed by atoms with van der Waals surface area (Å²) in [5.41, 5.74) is 0. The minimum absolute atomic E-state index is 0.256. The number of hydrogen-bond donors (Lipinski definition) is 1. The minimum atomic E-state index is 0.256. The van der Waals surface area contributed by atoms with Crippen molar-refractivity contribution in [3.63, 3.8) is 0 Å².